The standard InChI is InChI=1S/C26H30N2O2/c1-19(2)18-23(27)25(29)28-24(20-12-6-3-7-13-20)26(30,21-14-8-4-9-15-21)22-16-10-5-11-17-22/h3-17,19,23-24,30H,18,27H2,1-2H3,(H,28,29)/t23-,24-/m0/s1. The molecular weight excluding hydrogens is 372 g/mol. The van der Waals surface area contributed by atoms with Crippen LogP contribution in [0.1, 0.15) is 43.0 Å². The van der Waals surface area contributed by atoms with Crippen LogP contribution in [0.4, 0.5) is 0 Å². The van der Waals surface area contributed by atoms with Crippen LogP contribution in [0, 0.1) is 5.92 Å². The van der Waals surface area contributed by atoms with Gasteiger partial charge < -0.3 is 16.2 Å². The lowest BCUT2D eigenvalue weighted by atomic mass is 9.77. The van der Waals surface area contributed by atoms with E-state index in [9.17, 15) is 9.90 Å². The molecule has 3 aromatic rings. The van der Waals surface area contributed by atoms with Crippen LogP contribution < -0.4 is 11.1 Å². The van der Waals surface area contributed by atoms with Gasteiger partial charge in [-0.05, 0) is 29.0 Å². The molecule has 0 fully saturated rings. The summed E-state index contributed by atoms with van der Waals surface area (Å²) in [5, 5.41) is 15.3. The molecule has 30 heavy (non-hydrogen) atoms. The van der Waals surface area contributed by atoms with Crippen molar-refractivity contribution in [2.45, 2.75) is 38.0 Å². The number of benzene rings is 3. The first-order valence-corrected chi connectivity index (χ1v) is 10.4. The Balaban J connectivity index is 2.12. The fourth-order valence-electron chi connectivity index (χ4n) is 3.82. The van der Waals surface area contributed by atoms with Crippen molar-refractivity contribution in [3.8, 4) is 0 Å². The van der Waals surface area contributed by atoms with Gasteiger partial charge in [-0.2, -0.15) is 0 Å². The SMILES string of the molecule is CC(C)C[C@H](N)C(=O)N[C@@H](c1ccccc1)C(O)(c1ccccc1)c1ccccc1. The molecule has 0 unspecified atom stereocenters. The number of hydrogen-bond acceptors (Lipinski definition) is 3. The molecular formula is C26H30N2O2. The number of nitrogens with one attached hydrogen (secondary N) is 1. The summed E-state index contributed by atoms with van der Waals surface area (Å²) in [5.74, 6) is 0.0193. The minimum Gasteiger partial charge on any atom is -0.378 e. The molecule has 0 aliphatic rings. The van der Waals surface area contributed by atoms with E-state index in [-0.39, 0.29) is 5.91 Å². The molecule has 1 amide bonds. The molecule has 4 nitrogen and oxygen atoms in total. The van der Waals surface area contributed by atoms with E-state index in [1.807, 2.05) is 105 Å². The van der Waals surface area contributed by atoms with Crippen molar-refractivity contribution < 1.29 is 9.90 Å². The van der Waals surface area contributed by atoms with Crippen molar-refractivity contribution in [3.05, 3.63) is 108 Å². The summed E-state index contributed by atoms with van der Waals surface area (Å²) in [4.78, 5) is 13.0. The van der Waals surface area contributed by atoms with Gasteiger partial charge >= 0.3 is 0 Å². The maximum Gasteiger partial charge on any atom is 0.237 e. The van der Waals surface area contributed by atoms with E-state index in [1.165, 1.54) is 0 Å². The molecule has 3 aromatic carbocycles. The van der Waals surface area contributed by atoms with Crippen LogP contribution >= 0.6 is 0 Å². The Kier molecular flexibility index (Phi) is 7.03. The van der Waals surface area contributed by atoms with Crippen LogP contribution in [0.5, 0.6) is 0 Å². The predicted octanol–water partition coefficient (Wildman–Crippen LogP) is 4.15. The fourth-order valence-corrected chi connectivity index (χ4v) is 3.82. The number of nitrogens with two attached hydrogens (primary N) is 1. The number of carbonyl (C=O) groups is 1. The summed E-state index contributed by atoms with van der Waals surface area (Å²) in [6, 6.07) is 27.1. The van der Waals surface area contributed by atoms with Crippen molar-refractivity contribution in [1.29, 1.82) is 0 Å². The quantitative estimate of drug-likeness (QED) is 0.530. The average Bonchev–Trinajstić information content (AvgIpc) is 2.78. The number of carbonyl (C=O) groups excluding carboxylic acids is 1. The first-order valence-electron chi connectivity index (χ1n) is 10.4. The third-order valence-electron chi connectivity index (χ3n) is 5.33. The Morgan fingerprint density at radius 1 is 0.867 bits per heavy atom. The highest BCUT2D eigenvalue weighted by atomic mass is 16.3. The second-order valence-corrected chi connectivity index (χ2v) is 8.09. The smallest absolute Gasteiger partial charge is 0.237 e. The highest BCUT2D eigenvalue weighted by molar-refractivity contribution is 5.82. The van der Waals surface area contributed by atoms with Crippen LogP contribution in [0.25, 0.3) is 0 Å². The van der Waals surface area contributed by atoms with Crippen molar-refractivity contribution in [2.75, 3.05) is 0 Å². The maximum atomic E-state index is 13.0. The minimum absolute atomic E-state index is 0.275. The number of amides is 1. The predicted molar refractivity (Wildman–Crippen MR) is 121 cm³/mol. The highest BCUT2D eigenvalue weighted by Crippen LogP contribution is 2.41. The lowest BCUT2D eigenvalue weighted by Gasteiger charge is -2.38. The Bertz CT molecular complexity index is 888. The molecule has 4 heteroatoms. The molecule has 0 aliphatic carbocycles. The van der Waals surface area contributed by atoms with Gasteiger partial charge in [-0.1, -0.05) is 105 Å². The van der Waals surface area contributed by atoms with Gasteiger partial charge in [0.1, 0.15) is 5.60 Å². The third-order valence-corrected chi connectivity index (χ3v) is 5.33. The van der Waals surface area contributed by atoms with Gasteiger partial charge in [0.15, 0.2) is 0 Å². The first kappa shape index (κ1) is 21.8. The Morgan fingerprint density at radius 2 is 1.30 bits per heavy atom. The maximum absolute atomic E-state index is 13.0. The summed E-state index contributed by atoms with van der Waals surface area (Å²) in [5.41, 5.74) is 6.89. The molecule has 156 valence electrons. The van der Waals surface area contributed by atoms with E-state index in [4.69, 9.17) is 5.73 Å². The lowest BCUT2D eigenvalue weighted by Crippen LogP contribution is -2.50. The van der Waals surface area contributed by atoms with Crippen LogP contribution in [0.2, 0.25) is 0 Å². The second kappa shape index (κ2) is 9.70. The topological polar surface area (TPSA) is 75.4 Å². The van der Waals surface area contributed by atoms with Crippen molar-refractivity contribution in [1.82, 2.24) is 5.32 Å². The van der Waals surface area contributed by atoms with Gasteiger partial charge in [-0.25, -0.2) is 0 Å². The van der Waals surface area contributed by atoms with E-state index >= 15 is 0 Å². The Hall–Kier alpha value is -2.95. The summed E-state index contributed by atoms with van der Waals surface area (Å²) < 4.78 is 0. The number of aliphatic hydroxyl groups is 1. The Morgan fingerprint density at radius 3 is 1.73 bits per heavy atom. The van der Waals surface area contributed by atoms with Gasteiger partial charge in [-0.15, -0.1) is 0 Å². The average molecular weight is 403 g/mol. The molecule has 0 heterocycles. The van der Waals surface area contributed by atoms with Gasteiger partial charge in [0.05, 0.1) is 12.1 Å². The normalized spacial score (nSPS) is 13.6. The van der Waals surface area contributed by atoms with Gasteiger partial charge in [-0.3, -0.25) is 4.79 Å². The van der Waals surface area contributed by atoms with E-state index in [0.717, 1.165) is 5.56 Å². The summed E-state index contributed by atoms with van der Waals surface area (Å²) in [7, 11) is 0. The summed E-state index contributed by atoms with van der Waals surface area (Å²) in [6.45, 7) is 4.07. The largest absolute Gasteiger partial charge is 0.378 e. The molecule has 2 atom stereocenters. The van der Waals surface area contributed by atoms with Crippen molar-refractivity contribution >= 4 is 5.91 Å². The number of rotatable bonds is 8. The number of hydrogen-bond donors (Lipinski definition) is 3. The Labute approximate surface area is 178 Å². The van der Waals surface area contributed by atoms with E-state index in [1.54, 1.807) is 0 Å². The van der Waals surface area contributed by atoms with Gasteiger partial charge in [0.2, 0.25) is 5.91 Å². The molecule has 0 saturated heterocycles. The monoisotopic (exact) mass is 402 g/mol. The van der Waals surface area contributed by atoms with Crippen LogP contribution in [-0.2, 0) is 10.4 Å². The first-order chi connectivity index (χ1) is 14.4. The lowest BCUT2D eigenvalue weighted by molar-refractivity contribution is -0.125. The van der Waals surface area contributed by atoms with Crippen LogP contribution in [0.15, 0.2) is 91.0 Å². The van der Waals surface area contributed by atoms with E-state index in [2.05, 4.69) is 5.32 Å². The molecule has 0 aromatic heterocycles. The zero-order valence-corrected chi connectivity index (χ0v) is 17.5. The molecule has 3 rings (SSSR count). The van der Waals surface area contributed by atoms with Gasteiger partial charge in [0, 0.05) is 0 Å². The second-order valence-electron chi connectivity index (χ2n) is 8.09. The van der Waals surface area contributed by atoms with Gasteiger partial charge in [0.25, 0.3) is 0 Å². The molecule has 0 aliphatic heterocycles. The molecule has 0 bridgehead atoms. The molecule has 0 saturated carbocycles. The third kappa shape index (κ3) is 4.78. The minimum atomic E-state index is -1.48. The fraction of sp³-hybridized carbons (Fsp3) is 0.269. The zero-order chi connectivity index (χ0) is 21.6. The molecule has 0 radical (unpaired) electrons. The van der Waals surface area contributed by atoms with Crippen LogP contribution in [-0.4, -0.2) is 17.1 Å². The zero-order valence-electron chi connectivity index (χ0n) is 17.5. The van der Waals surface area contributed by atoms with Crippen LogP contribution in [0.3, 0.4) is 0 Å². The summed E-state index contributed by atoms with van der Waals surface area (Å²) >= 11 is 0. The molecule has 0 spiro atoms. The van der Waals surface area contributed by atoms with E-state index in [0.29, 0.717) is 23.5 Å². The highest BCUT2D eigenvalue weighted by Gasteiger charge is 2.42. The molecule has 4 N–H and O–H groups in total. The van der Waals surface area contributed by atoms with Crippen molar-refractivity contribution in [3.63, 3.8) is 0 Å². The van der Waals surface area contributed by atoms with Crippen molar-refractivity contribution in [2.24, 2.45) is 11.7 Å². The summed E-state index contributed by atoms with van der Waals surface area (Å²) in [6.07, 6.45) is 0.572. The van der Waals surface area contributed by atoms with E-state index < -0.39 is 17.7 Å².